The SMILES string of the molecule is [c]1ccc(-n2cnnn2)cc1. The monoisotopic (exact) mass is 145 g/mol. The molecule has 0 aliphatic carbocycles. The second-order valence-electron chi connectivity index (χ2n) is 2.01. The molecule has 0 saturated carbocycles. The van der Waals surface area contributed by atoms with Gasteiger partial charge in [-0.25, -0.2) is 4.68 Å². The molecule has 4 nitrogen and oxygen atoms in total. The van der Waals surface area contributed by atoms with Gasteiger partial charge in [-0.3, -0.25) is 0 Å². The Kier molecular flexibility index (Phi) is 1.37. The predicted molar refractivity (Wildman–Crippen MR) is 38.0 cm³/mol. The molecule has 0 fully saturated rings. The van der Waals surface area contributed by atoms with Crippen molar-refractivity contribution in [1.82, 2.24) is 20.2 Å². The third kappa shape index (κ3) is 1.10. The topological polar surface area (TPSA) is 43.6 Å². The van der Waals surface area contributed by atoms with Crippen molar-refractivity contribution >= 4 is 0 Å². The Bertz CT molecular complexity index is 313. The molecule has 4 heteroatoms. The largest absolute Gasteiger partial charge is 0.201 e. The highest BCUT2D eigenvalue weighted by molar-refractivity contribution is 5.28. The van der Waals surface area contributed by atoms with Gasteiger partial charge in [0.1, 0.15) is 6.33 Å². The Morgan fingerprint density at radius 2 is 2.09 bits per heavy atom. The fourth-order valence-corrected chi connectivity index (χ4v) is 0.810. The quantitative estimate of drug-likeness (QED) is 0.585. The first-order chi connectivity index (χ1) is 5.47. The molecule has 11 heavy (non-hydrogen) atoms. The van der Waals surface area contributed by atoms with Crippen LogP contribution in [0.25, 0.3) is 5.69 Å². The minimum Gasteiger partial charge on any atom is -0.201 e. The number of nitrogens with zero attached hydrogens (tertiary/aromatic N) is 4. The average Bonchev–Trinajstić information content (AvgIpc) is 2.58. The molecule has 1 aromatic heterocycles. The first-order valence-corrected chi connectivity index (χ1v) is 3.16. The van der Waals surface area contributed by atoms with E-state index in [1.165, 1.54) is 0 Å². The molecule has 0 saturated heterocycles. The Hall–Kier alpha value is -1.71. The van der Waals surface area contributed by atoms with Crippen LogP contribution in [0.15, 0.2) is 30.6 Å². The minimum absolute atomic E-state index is 0.939. The Morgan fingerprint density at radius 3 is 2.73 bits per heavy atom. The first-order valence-electron chi connectivity index (χ1n) is 3.16. The van der Waals surface area contributed by atoms with Gasteiger partial charge >= 0.3 is 0 Å². The van der Waals surface area contributed by atoms with Crippen molar-refractivity contribution in [2.24, 2.45) is 0 Å². The van der Waals surface area contributed by atoms with E-state index in [0.717, 1.165) is 5.69 Å². The summed E-state index contributed by atoms with van der Waals surface area (Å²) in [6.45, 7) is 0. The maximum Gasteiger partial charge on any atom is 0.143 e. The molecular formula is C7H5N4. The standard InChI is InChI=1S/C7H5N4/c1-2-4-7(5-3-1)11-6-8-9-10-11/h2-6H. The zero-order valence-electron chi connectivity index (χ0n) is 5.68. The summed E-state index contributed by atoms with van der Waals surface area (Å²) in [6.07, 6.45) is 1.55. The molecule has 1 radical (unpaired) electrons. The molecule has 0 aliphatic heterocycles. The highest BCUT2D eigenvalue weighted by atomic mass is 15.5. The van der Waals surface area contributed by atoms with Crippen LogP contribution < -0.4 is 0 Å². The normalized spacial score (nSPS) is 9.82. The van der Waals surface area contributed by atoms with E-state index < -0.39 is 0 Å². The van der Waals surface area contributed by atoms with Gasteiger partial charge in [0, 0.05) is 0 Å². The van der Waals surface area contributed by atoms with Crippen LogP contribution >= 0.6 is 0 Å². The summed E-state index contributed by atoms with van der Waals surface area (Å²) in [5.41, 5.74) is 0.939. The predicted octanol–water partition coefficient (Wildman–Crippen LogP) is 0.462. The molecule has 53 valence electrons. The summed E-state index contributed by atoms with van der Waals surface area (Å²) in [4.78, 5) is 0. The lowest BCUT2D eigenvalue weighted by Crippen LogP contribution is -1.93. The minimum atomic E-state index is 0.939. The molecule has 0 spiro atoms. The molecule has 1 heterocycles. The number of tetrazole rings is 1. The van der Waals surface area contributed by atoms with Crippen molar-refractivity contribution in [3.05, 3.63) is 36.7 Å². The van der Waals surface area contributed by atoms with E-state index in [1.807, 2.05) is 24.3 Å². The van der Waals surface area contributed by atoms with Crippen molar-refractivity contribution < 1.29 is 0 Å². The van der Waals surface area contributed by atoms with E-state index in [0.29, 0.717) is 0 Å². The number of hydrogen-bond acceptors (Lipinski definition) is 3. The number of benzene rings is 1. The van der Waals surface area contributed by atoms with E-state index in [2.05, 4.69) is 21.6 Å². The van der Waals surface area contributed by atoms with Gasteiger partial charge in [0.05, 0.1) is 5.69 Å². The summed E-state index contributed by atoms with van der Waals surface area (Å²) < 4.78 is 1.59. The molecule has 0 unspecified atom stereocenters. The second kappa shape index (κ2) is 2.49. The van der Waals surface area contributed by atoms with Gasteiger partial charge < -0.3 is 0 Å². The molecule has 0 atom stereocenters. The van der Waals surface area contributed by atoms with Crippen LogP contribution in [0.3, 0.4) is 0 Å². The summed E-state index contributed by atoms with van der Waals surface area (Å²) in [5, 5.41) is 10.8. The molecule has 0 amide bonds. The number of hydrogen-bond donors (Lipinski definition) is 0. The van der Waals surface area contributed by atoms with Gasteiger partial charge in [-0.15, -0.1) is 5.10 Å². The van der Waals surface area contributed by atoms with Gasteiger partial charge in [0.2, 0.25) is 0 Å². The Morgan fingerprint density at radius 1 is 1.27 bits per heavy atom. The van der Waals surface area contributed by atoms with E-state index in [1.54, 1.807) is 11.0 Å². The van der Waals surface area contributed by atoms with Crippen LogP contribution in [0.2, 0.25) is 0 Å². The maximum atomic E-state index is 3.73. The second-order valence-corrected chi connectivity index (χ2v) is 2.01. The number of aromatic nitrogens is 4. The lowest BCUT2D eigenvalue weighted by atomic mass is 10.3. The van der Waals surface area contributed by atoms with Crippen molar-refractivity contribution in [3.8, 4) is 5.69 Å². The molecule has 1 aromatic carbocycles. The van der Waals surface area contributed by atoms with Gasteiger partial charge in [-0.05, 0) is 28.6 Å². The fraction of sp³-hybridized carbons (Fsp3) is 0. The molecule has 2 rings (SSSR count). The van der Waals surface area contributed by atoms with Crippen LogP contribution in [-0.4, -0.2) is 20.2 Å². The fourth-order valence-electron chi connectivity index (χ4n) is 0.810. The lowest BCUT2D eigenvalue weighted by molar-refractivity contribution is 0.789. The summed E-state index contributed by atoms with van der Waals surface area (Å²) >= 11 is 0. The van der Waals surface area contributed by atoms with Gasteiger partial charge in [-0.2, -0.15) is 0 Å². The first kappa shape index (κ1) is 6.03. The maximum absolute atomic E-state index is 3.73. The molecule has 2 aromatic rings. The number of rotatable bonds is 1. The Balaban J connectivity index is 2.46. The lowest BCUT2D eigenvalue weighted by Gasteiger charge is -1.94. The molecule has 0 bridgehead atoms. The van der Waals surface area contributed by atoms with Crippen LogP contribution in [0, 0.1) is 6.07 Å². The summed E-state index contributed by atoms with van der Waals surface area (Å²) in [6, 6.07) is 10.3. The van der Waals surface area contributed by atoms with Gasteiger partial charge in [-0.1, -0.05) is 12.1 Å². The zero-order chi connectivity index (χ0) is 7.52. The van der Waals surface area contributed by atoms with E-state index in [-0.39, 0.29) is 0 Å². The zero-order valence-corrected chi connectivity index (χ0v) is 5.68. The van der Waals surface area contributed by atoms with Gasteiger partial charge in [0.25, 0.3) is 0 Å². The average molecular weight is 145 g/mol. The van der Waals surface area contributed by atoms with Crippen molar-refractivity contribution in [1.29, 1.82) is 0 Å². The Labute approximate surface area is 63.5 Å². The summed E-state index contributed by atoms with van der Waals surface area (Å²) in [7, 11) is 0. The van der Waals surface area contributed by atoms with Crippen LogP contribution in [0.1, 0.15) is 0 Å². The smallest absolute Gasteiger partial charge is 0.143 e. The van der Waals surface area contributed by atoms with Crippen molar-refractivity contribution in [2.75, 3.05) is 0 Å². The summed E-state index contributed by atoms with van der Waals surface area (Å²) in [5.74, 6) is 0. The van der Waals surface area contributed by atoms with E-state index in [9.17, 15) is 0 Å². The van der Waals surface area contributed by atoms with Crippen LogP contribution in [0.5, 0.6) is 0 Å². The third-order valence-electron chi connectivity index (χ3n) is 1.31. The van der Waals surface area contributed by atoms with E-state index >= 15 is 0 Å². The molecular weight excluding hydrogens is 140 g/mol. The highest BCUT2D eigenvalue weighted by Crippen LogP contribution is 2.00. The molecule has 0 aliphatic rings. The molecule has 0 N–H and O–H groups in total. The van der Waals surface area contributed by atoms with E-state index in [4.69, 9.17) is 0 Å². The van der Waals surface area contributed by atoms with Crippen molar-refractivity contribution in [3.63, 3.8) is 0 Å². The van der Waals surface area contributed by atoms with Crippen LogP contribution in [-0.2, 0) is 0 Å². The highest BCUT2D eigenvalue weighted by Gasteiger charge is 1.92. The van der Waals surface area contributed by atoms with Crippen LogP contribution in [0.4, 0.5) is 0 Å². The van der Waals surface area contributed by atoms with Crippen molar-refractivity contribution in [2.45, 2.75) is 0 Å². The third-order valence-corrected chi connectivity index (χ3v) is 1.31. The van der Waals surface area contributed by atoms with Gasteiger partial charge in [0.15, 0.2) is 0 Å².